The molecule has 3 rings (SSSR count). The lowest BCUT2D eigenvalue weighted by atomic mass is 9.98. The minimum atomic E-state index is 0.0597. The van der Waals surface area contributed by atoms with Gasteiger partial charge < -0.3 is 10.2 Å². The Hall–Kier alpha value is -1.95. The van der Waals surface area contributed by atoms with E-state index in [2.05, 4.69) is 15.2 Å². The van der Waals surface area contributed by atoms with E-state index in [4.69, 9.17) is 0 Å². The molecular formula is C20H30N4O2. The minimum Gasteiger partial charge on any atom is -0.356 e. The maximum absolute atomic E-state index is 12.8. The molecule has 2 amide bonds. The van der Waals surface area contributed by atoms with Gasteiger partial charge >= 0.3 is 0 Å². The maximum atomic E-state index is 12.8. The standard InChI is InChI=1S/C20H30N4O2/c25-19-16-18-6-1-2-12-23(18)13-3-4-14-24(15-5-9-22-19)20(26)17-7-10-21-11-8-17/h7-8,10-11,18H,1-6,9,12-16H2,(H,22,25). The molecule has 6 nitrogen and oxygen atoms in total. The fourth-order valence-electron chi connectivity index (χ4n) is 3.98. The van der Waals surface area contributed by atoms with Gasteiger partial charge in [-0.1, -0.05) is 6.42 Å². The average molecular weight is 358 g/mol. The predicted octanol–water partition coefficient (Wildman–Crippen LogP) is 2.07. The molecule has 1 atom stereocenters. The van der Waals surface area contributed by atoms with Crippen LogP contribution in [0.4, 0.5) is 0 Å². The second kappa shape index (κ2) is 9.67. The molecule has 142 valence electrons. The normalized spacial score (nSPS) is 23.8. The van der Waals surface area contributed by atoms with Crippen LogP contribution in [0.15, 0.2) is 24.5 Å². The molecule has 0 aliphatic carbocycles. The van der Waals surface area contributed by atoms with Gasteiger partial charge in [0.2, 0.25) is 5.91 Å². The predicted molar refractivity (Wildman–Crippen MR) is 101 cm³/mol. The molecule has 2 aliphatic heterocycles. The van der Waals surface area contributed by atoms with E-state index >= 15 is 0 Å². The molecule has 2 fully saturated rings. The van der Waals surface area contributed by atoms with E-state index in [-0.39, 0.29) is 11.8 Å². The Morgan fingerprint density at radius 3 is 2.50 bits per heavy atom. The highest BCUT2D eigenvalue weighted by Crippen LogP contribution is 2.20. The first kappa shape index (κ1) is 18.8. The monoisotopic (exact) mass is 358 g/mol. The molecule has 0 aromatic carbocycles. The fourth-order valence-corrected chi connectivity index (χ4v) is 3.98. The Morgan fingerprint density at radius 2 is 1.69 bits per heavy atom. The summed E-state index contributed by atoms with van der Waals surface area (Å²) in [5.74, 6) is 0.206. The van der Waals surface area contributed by atoms with E-state index in [1.165, 1.54) is 12.8 Å². The van der Waals surface area contributed by atoms with E-state index < -0.39 is 0 Å². The zero-order valence-electron chi connectivity index (χ0n) is 15.5. The molecule has 6 heteroatoms. The third kappa shape index (κ3) is 5.27. The molecule has 2 aliphatic rings. The van der Waals surface area contributed by atoms with E-state index in [9.17, 15) is 9.59 Å². The van der Waals surface area contributed by atoms with Crippen molar-refractivity contribution in [3.8, 4) is 0 Å². The van der Waals surface area contributed by atoms with Crippen molar-refractivity contribution in [2.24, 2.45) is 0 Å². The number of amides is 2. The zero-order chi connectivity index (χ0) is 18.2. The van der Waals surface area contributed by atoms with Crippen LogP contribution in [0.3, 0.4) is 0 Å². The Balaban J connectivity index is 1.63. The summed E-state index contributed by atoms with van der Waals surface area (Å²) in [4.78, 5) is 33.4. The first-order valence-corrected chi connectivity index (χ1v) is 9.94. The lowest BCUT2D eigenvalue weighted by Crippen LogP contribution is -2.43. The van der Waals surface area contributed by atoms with Gasteiger partial charge in [0.25, 0.3) is 5.91 Å². The second-order valence-corrected chi connectivity index (χ2v) is 7.33. The number of rotatable bonds is 1. The third-order valence-corrected chi connectivity index (χ3v) is 5.43. The van der Waals surface area contributed by atoms with Gasteiger partial charge in [0, 0.05) is 50.1 Å². The summed E-state index contributed by atoms with van der Waals surface area (Å²) in [6.07, 6.45) is 10.4. The number of hydrogen-bond donors (Lipinski definition) is 1. The molecule has 0 spiro atoms. The van der Waals surface area contributed by atoms with Crippen LogP contribution < -0.4 is 5.32 Å². The number of pyridine rings is 1. The summed E-state index contributed by atoms with van der Waals surface area (Å²) >= 11 is 0. The smallest absolute Gasteiger partial charge is 0.253 e. The number of fused-ring (bicyclic) bond motifs is 1. The molecule has 1 N–H and O–H groups in total. The van der Waals surface area contributed by atoms with Crippen molar-refractivity contribution in [3.63, 3.8) is 0 Å². The van der Waals surface area contributed by atoms with Gasteiger partial charge in [-0.15, -0.1) is 0 Å². The van der Waals surface area contributed by atoms with E-state index in [1.54, 1.807) is 24.5 Å². The van der Waals surface area contributed by atoms with Gasteiger partial charge in [0.05, 0.1) is 0 Å². The topological polar surface area (TPSA) is 65.5 Å². The van der Waals surface area contributed by atoms with Crippen LogP contribution in [-0.2, 0) is 4.79 Å². The van der Waals surface area contributed by atoms with Crippen LogP contribution >= 0.6 is 0 Å². The van der Waals surface area contributed by atoms with Gasteiger partial charge in [-0.05, 0) is 57.3 Å². The van der Waals surface area contributed by atoms with Crippen LogP contribution in [0, 0.1) is 0 Å². The van der Waals surface area contributed by atoms with Gasteiger partial charge in [-0.25, -0.2) is 0 Å². The molecule has 1 unspecified atom stereocenters. The SMILES string of the molecule is O=C1CC2CCCCN2CCCCN(C(=O)c2ccncc2)CCCN1. The summed E-state index contributed by atoms with van der Waals surface area (Å²) in [7, 11) is 0. The van der Waals surface area contributed by atoms with Crippen LogP contribution in [0.5, 0.6) is 0 Å². The summed E-state index contributed by atoms with van der Waals surface area (Å²) in [5.41, 5.74) is 0.685. The molecule has 0 bridgehead atoms. The highest BCUT2D eigenvalue weighted by molar-refractivity contribution is 5.94. The summed E-state index contributed by atoms with van der Waals surface area (Å²) in [6.45, 7) is 4.20. The van der Waals surface area contributed by atoms with E-state index in [0.717, 1.165) is 45.3 Å². The largest absolute Gasteiger partial charge is 0.356 e. The van der Waals surface area contributed by atoms with Gasteiger partial charge in [-0.2, -0.15) is 0 Å². The molecule has 2 saturated heterocycles. The molecule has 26 heavy (non-hydrogen) atoms. The number of carbonyl (C=O) groups is 2. The first-order chi connectivity index (χ1) is 12.7. The summed E-state index contributed by atoms with van der Waals surface area (Å²) < 4.78 is 0. The van der Waals surface area contributed by atoms with Crippen molar-refractivity contribution >= 4 is 11.8 Å². The van der Waals surface area contributed by atoms with E-state index in [1.807, 2.05) is 4.90 Å². The van der Waals surface area contributed by atoms with Crippen molar-refractivity contribution in [2.45, 2.75) is 51.0 Å². The van der Waals surface area contributed by atoms with Crippen molar-refractivity contribution in [2.75, 3.05) is 32.7 Å². The van der Waals surface area contributed by atoms with Gasteiger partial charge in [-0.3, -0.25) is 19.5 Å². The van der Waals surface area contributed by atoms with Gasteiger partial charge in [0.1, 0.15) is 0 Å². The Labute approximate surface area is 156 Å². The van der Waals surface area contributed by atoms with Crippen LogP contribution in [0.2, 0.25) is 0 Å². The number of piperidine rings is 1. The fraction of sp³-hybridized carbons (Fsp3) is 0.650. The molecule has 1 aromatic heterocycles. The van der Waals surface area contributed by atoms with Crippen molar-refractivity contribution in [1.29, 1.82) is 0 Å². The van der Waals surface area contributed by atoms with Crippen molar-refractivity contribution in [1.82, 2.24) is 20.1 Å². The van der Waals surface area contributed by atoms with Crippen LogP contribution in [-0.4, -0.2) is 65.4 Å². The molecule has 0 saturated carbocycles. The first-order valence-electron chi connectivity index (χ1n) is 9.94. The highest BCUT2D eigenvalue weighted by atomic mass is 16.2. The van der Waals surface area contributed by atoms with Crippen LogP contribution in [0.1, 0.15) is 55.3 Å². The Bertz CT molecular complexity index is 593. The average Bonchev–Trinajstić information content (AvgIpc) is 2.69. The van der Waals surface area contributed by atoms with Crippen molar-refractivity contribution in [3.05, 3.63) is 30.1 Å². The molecule has 1 aromatic rings. The number of hydrogen-bond acceptors (Lipinski definition) is 4. The quantitative estimate of drug-likeness (QED) is 0.835. The molecule has 3 heterocycles. The zero-order valence-corrected chi connectivity index (χ0v) is 15.5. The lowest BCUT2D eigenvalue weighted by Gasteiger charge is -2.35. The van der Waals surface area contributed by atoms with Gasteiger partial charge in [0.15, 0.2) is 0 Å². The van der Waals surface area contributed by atoms with E-state index in [0.29, 0.717) is 31.1 Å². The number of carbonyl (C=O) groups excluding carboxylic acids is 2. The second-order valence-electron chi connectivity index (χ2n) is 7.33. The number of nitrogens with zero attached hydrogens (tertiary/aromatic N) is 3. The summed E-state index contributed by atoms with van der Waals surface area (Å²) in [5, 5.41) is 3.04. The lowest BCUT2D eigenvalue weighted by molar-refractivity contribution is -0.122. The molecule has 0 radical (unpaired) electrons. The maximum Gasteiger partial charge on any atom is 0.253 e. The van der Waals surface area contributed by atoms with Crippen LogP contribution in [0.25, 0.3) is 0 Å². The third-order valence-electron chi connectivity index (χ3n) is 5.43. The van der Waals surface area contributed by atoms with Crippen molar-refractivity contribution < 1.29 is 9.59 Å². The summed E-state index contributed by atoms with van der Waals surface area (Å²) in [6, 6.07) is 3.92. The number of aromatic nitrogens is 1. The highest BCUT2D eigenvalue weighted by Gasteiger charge is 2.25. The Kier molecular flexibility index (Phi) is 7.00. The number of nitrogens with one attached hydrogen (secondary N) is 1. The molecular weight excluding hydrogens is 328 g/mol. The Morgan fingerprint density at radius 1 is 1.00 bits per heavy atom. The minimum absolute atomic E-state index is 0.0597.